The number of piperidine rings is 1. The van der Waals surface area contributed by atoms with Crippen molar-refractivity contribution in [3.05, 3.63) is 51.6 Å². The summed E-state index contributed by atoms with van der Waals surface area (Å²) in [6.07, 6.45) is 5.46. The number of anilines is 2. The molecule has 1 aliphatic heterocycles. The first-order chi connectivity index (χ1) is 17.2. The van der Waals surface area contributed by atoms with E-state index >= 15 is 0 Å². The van der Waals surface area contributed by atoms with E-state index in [1.165, 1.54) is 7.05 Å². The van der Waals surface area contributed by atoms with Gasteiger partial charge in [-0.2, -0.15) is 0 Å². The monoisotopic (exact) mass is 605 g/mol. The predicted molar refractivity (Wildman–Crippen MR) is 142 cm³/mol. The van der Waals surface area contributed by atoms with E-state index in [1.54, 1.807) is 17.3 Å². The minimum absolute atomic E-state index is 0.0518. The molecule has 11 nitrogen and oxygen atoms in total. The lowest BCUT2D eigenvalue weighted by Crippen LogP contribution is -2.44. The van der Waals surface area contributed by atoms with Crippen LogP contribution in [0.3, 0.4) is 0 Å². The molecule has 2 aromatic heterocycles. The molecule has 3 aromatic rings. The SMILES string of the molecule is Cc1cc(Nc2nccn3c(I)cnc23)ccc1C(=O)N1CCC(C(=O)NCCN(C)C(=O)O)CC1. The second-order valence-corrected chi connectivity index (χ2v) is 9.87. The molecule has 1 aromatic carbocycles. The number of nitrogens with one attached hydrogen (secondary N) is 2. The number of halogens is 1. The number of rotatable bonds is 7. The van der Waals surface area contributed by atoms with Crippen LogP contribution in [0.1, 0.15) is 28.8 Å². The number of carboxylic acid groups (broad SMARTS) is 1. The highest BCUT2D eigenvalue weighted by Gasteiger charge is 2.28. The van der Waals surface area contributed by atoms with Crippen LogP contribution in [0.15, 0.2) is 36.8 Å². The summed E-state index contributed by atoms with van der Waals surface area (Å²) in [7, 11) is 1.46. The molecule has 0 radical (unpaired) electrons. The number of aromatic nitrogens is 3. The smallest absolute Gasteiger partial charge is 0.407 e. The molecule has 12 heteroatoms. The van der Waals surface area contributed by atoms with E-state index in [-0.39, 0.29) is 30.8 Å². The third-order valence-corrected chi connectivity index (χ3v) is 7.13. The van der Waals surface area contributed by atoms with Crippen LogP contribution in [0, 0.1) is 16.5 Å². The molecule has 0 saturated carbocycles. The Bertz CT molecular complexity index is 1290. The van der Waals surface area contributed by atoms with Crippen molar-refractivity contribution in [2.45, 2.75) is 19.8 Å². The third kappa shape index (κ3) is 5.69. The zero-order valence-electron chi connectivity index (χ0n) is 20.1. The largest absolute Gasteiger partial charge is 0.465 e. The topological polar surface area (TPSA) is 132 Å². The Morgan fingerprint density at radius 1 is 1.22 bits per heavy atom. The van der Waals surface area contributed by atoms with Crippen molar-refractivity contribution in [1.82, 2.24) is 29.5 Å². The number of carbonyl (C=O) groups is 3. The Labute approximate surface area is 222 Å². The highest BCUT2D eigenvalue weighted by molar-refractivity contribution is 14.1. The summed E-state index contributed by atoms with van der Waals surface area (Å²) in [6, 6.07) is 5.58. The summed E-state index contributed by atoms with van der Waals surface area (Å²) in [5.74, 6) is 0.305. The first-order valence-corrected chi connectivity index (χ1v) is 12.7. The van der Waals surface area contributed by atoms with Gasteiger partial charge in [0.05, 0.1) is 6.20 Å². The van der Waals surface area contributed by atoms with Crippen LogP contribution in [-0.4, -0.2) is 80.4 Å². The van der Waals surface area contributed by atoms with Crippen molar-refractivity contribution in [3.8, 4) is 0 Å². The van der Waals surface area contributed by atoms with Gasteiger partial charge in [-0.1, -0.05) is 0 Å². The fraction of sp³-hybridized carbons (Fsp3) is 0.375. The van der Waals surface area contributed by atoms with Crippen molar-refractivity contribution >= 4 is 57.7 Å². The summed E-state index contributed by atoms with van der Waals surface area (Å²) < 4.78 is 2.93. The maximum Gasteiger partial charge on any atom is 0.407 e. The molecule has 1 fully saturated rings. The van der Waals surface area contributed by atoms with Crippen LogP contribution in [0.25, 0.3) is 5.65 Å². The highest BCUT2D eigenvalue weighted by Crippen LogP contribution is 2.25. The number of benzene rings is 1. The van der Waals surface area contributed by atoms with Gasteiger partial charge in [0.1, 0.15) is 3.70 Å². The van der Waals surface area contributed by atoms with Gasteiger partial charge >= 0.3 is 6.09 Å². The van der Waals surface area contributed by atoms with Crippen molar-refractivity contribution < 1.29 is 19.5 Å². The second kappa shape index (κ2) is 11.1. The van der Waals surface area contributed by atoms with E-state index in [9.17, 15) is 14.4 Å². The molecule has 190 valence electrons. The van der Waals surface area contributed by atoms with Crippen molar-refractivity contribution in [2.75, 3.05) is 38.5 Å². The first-order valence-electron chi connectivity index (χ1n) is 11.6. The number of aryl methyl sites for hydroxylation is 1. The number of amides is 3. The Morgan fingerprint density at radius 3 is 2.67 bits per heavy atom. The molecule has 0 unspecified atom stereocenters. The van der Waals surface area contributed by atoms with Gasteiger partial charge in [-0.15, -0.1) is 0 Å². The molecular weight excluding hydrogens is 577 g/mol. The van der Waals surface area contributed by atoms with E-state index in [0.29, 0.717) is 37.3 Å². The predicted octanol–water partition coefficient (Wildman–Crippen LogP) is 2.96. The molecule has 3 heterocycles. The zero-order chi connectivity index (χ0) is 25.8. The standard InChI is InChI=1S/C24H28IN7O4/c1-15-13-17(29-20-21-28-14-19(25)32(21)12-8-26-20)3-4-18(15)23(34)31-9-5-16(6-10-31)22(33)27-7-11-30(2)24(35)36/h3-4,8,12-14,16H,5-7,9-11H2,1-2H3,(H,26,29)(H,27,33)(H,35,36). The van der Waals surface area contributed by atoms with E-state index in [4.69, 9.17) is 5.11 Å². The summed E-state index contributed by atoms with van der Waals surface area (Å²) in [5.41, 5.74) is 3.01. The number of carbonyl (C=O) groups excluding carboxylic acids is 2. The number of hydrogen-bond acceptors (Lipinski definition) is 6. The van der Waals surface area contributed by atoms with Crippen molar-refractivity contribution in [1.29, 1.82) is 0 Å². The fourth-order valence-corrected chi connectivity index (χ4v) is 4.73. The van der Waals surface area contributed by atoms with Gasteiger partial charge in [0.15, 0.2) is 11.5 Å². The van der Waals surface area contributed by atoms with Gasteiger partial charge in [0.2, 0.25) is 5.91 Å². The zero-order valence-corrected chi connectivity index (χ0v) is 22.2. The Morgan fingerprint density at radius 2 is 1.97 bits per heavy atom. The van der Waals surface area contributed by atoms with Crippen molar-refractivity contribution in [2.24, 2.45) is 5.92 Å². The molecule has 1 saturated heterocycles. The number of nitrogens with zero attached hydrogens (tertiary/aromatic N) is 5. The molecular formula is C24H28IN7O4. The van der Waals surface area contributed by atoms with E-state index in [0.717, 1.165) is 25.5 Å². The molecule has 3 N–H and O–H groups in total. The van der Waals surface area contributed by atoms with Crippen LogP contribution >= 0.6 is 22.6 Å². The van der Waals surface area contributed by atoms with Gasteiger partial charge in [-0.3, -0.25) is 14.0 Å². The van der Waals surface area contributed by atoms with Gasteiger partial charge in [0, 0.05) is 62.8 Å². The molecule has 1 aliphatic rings. The van der Waals surface area contributed by atoms with Gasteiger partial charge in [-0.25, -0.2) is 14.8 Å². The Balaban J connectivity index is 1.33. The average molecular weight is 605 g/mol. The average Bonchev–Trinajstić information content (AvgIpc) is 3.25. The van der Waals surface area contributed by atoms with Crippen molar-refractivity contribution in [3.63, 3.8) is 0 Å². The van der Waals surface area contributed by atoms with Crippen LogP contribution in [0.4, 0.5) is 16.3 Å². The Kier molecular flexibility index (Phi) is 7.91. The molecule has 4 rings (SSSR count). The minimum atomic E-state index is -1.03. The summed E-state index contributed by atoms with van der Waals surface area (Å²) in [4.78, 5) is 48.1. The molecule has 3 amide bonds. The van der Waals surface area contributed by atoms with Gasteiger partial charge in [-0.05, 0) is 66.1 Å². The van der Waals surface area contributed by atoms with E-state index < -0.39 is 6.09 Å². The molecule has 36 heavy (non-hydrogen) atoms. The molecule has 0 atom stereocenters. The minimum Gasteiger partial charge on any atom is -0.465 e. The van der Waals surface area contributed by atoms with Crippen LogP contribution in [-0.2, 0) is 4.79 Å². The number of likely N-dealkylation sites (tertiary alicyclic amines) is 1. The number of fused-ring (bicyclic) bond motifs is 1. The van der Waals surface area contributed by atoms with Crippen LogP contribution in [0.2, 0.25) is 0 Å². The lowest BCUT2D eigenvalue weighted by Gasteiger charge is -2.32. The molecule has 0 spiro atoms. The molecule has 0 bridgehead atoms. The lowest BCUT2D eigenvalue weighted by atomic mass is 9.95. The van der Waals surface area contributed by atoms with Gasteiger partial charge < -0.3 is 25.5 Å². The number of imidazole rings is 1. The highest BCUT2D eigenvalue weighted by atomic mass is 127. The summed E-state index contributed by atoms with van der Waals surface area (Å²) >= 11 is 2.21. The lowest BCUT2D eigenvalue weighted by molar-refractivity contribution is -0.126. The molecule has 0 aliphatic carbocycles. The second-order valence-electron chi connectivity index (χ2n) is 8.77. The summed E-state index contributed by atoms with van der Waals surface area (Å²) in [6.45, 7) is 3.39. The van der Waals surface area contributed by atoms with Crippen LogP contribution in [0.5, 0.6) is 0 Å². The van der Waals surface area contributed by atoms with Crippen LogP contribution < -0.4 is 10.6 Å². The number of likely N-dealkylation sites (N-methyl/N-ethyl adjacent to an activating group) is 1. The maximum atomic E-state index is 13.2. The quantitative estimate of drug-likeness (QED) is 0.353. The fourth-order valence-electron chi connectivity index (χ4n) is 4.20. The third-order valence-electron chi connectivity index (χ3n) is 6.33. The normalized spacial score (nSPS) is 14.0. The Hall–Kier alpha value is -3.42. The number of hydrogen-bond donors (Lipinski definition) is 3. The first kappa shape index (κ1) is 25.7. The van der Waals surface area contributed by atoms with Gasteiger partial charge in [0.25, 0.3) is 5.91 Å². The van der Waals surface area contributed by atoms with E-state index in [1.807, 2.05) is 35.7 Å². The maximum absolute atomic E-state index is 13.2. The van der Waals surface area contributed by atoms with E-state index in [2.05, 4.69) is 43.2 Å². The summed E-state index contributed by atoms with van der Waals surface area (Å²) in [5, 5.41) is 15.0.